The van der Waals surface area contributed by atoms with Crippen molar-refractivity contribution in [3.05, 3.63) is 59.2 Å². The summed E-state index contributed by atoms with van der Waals surface area (Å²) in [4.78, 5) is 11.9. The summed E-state index contributed by atoms with van der Waals surface area (Å²) < 4.78 is 0. The molecule has 0 saturated heterocycles. The number of rotatable bonds is 5. The van der Waals surface area contributed by atoms with Gasteiger partial charge in [0.15, 0.2) is 0 Å². The molecule has 2 rings (SSSR count). The first-order valence-electron chi connectivity index (χ1n) is 8.37. The van der Waals surface area contributed by atoms with Gasteiger partial charge in [0, 0.05) is 5.56 Å². The van der Waals surface area contributed by atoms with E-state index in [9.17, 15) is 4.79 Å². The Morgan fingerprint density at radius 1 is 1.04 bits per heavy atom. The molecule has 0 bridgehead atoms. The van der Waals surface area contributed by atoms with Gasteiger partial charge in [0.2, 0.25) is 5.91 Å². The third-order valence-corrected chi connectivity index (χ3v) is 4.19. The van der Waals surface area contributed by atoms with Crippen LogP contribution in [-0.2, 0) is 11.8 Å². The number of carbonyl (C=O) groups excluding carboxylic acids is 1. The van der Waals surface area contributed by atoms with Crippen LogP contribution in [0.2, 0.25) is 0 Å². The molecule has 1 amide bonds. The summed E-state index contributed by atoms with van der Waals surface area (Å²) in [5.41, 5.74) is 11.0. The van der Waals surface area contributed by atoms with Crippen molar-refractivity contribution in [3.63, 3.8) is 0 Å². The van der Waals surface area contributed by atoms with Crippen LogP contribution in [0.5, 0.6) is 0 Å². The van der Waals surface area contributed by atoms with E-state index in [1.807, 2.05) is 18.2 Å². The SMILES string of the molecule is CCCCc1c(C(N)=O)ccc(-c2ccccc2)c1C(C)(C)C. The standard InChI is InChI=1S/C21H27NO/c1-5-6-12-17-18(20(22)23)14-13-16(19(17)21(2,3)4)15-10-8-7-9-11-15/h7-11,13-14H,5-6,12H2,1-4H3,(H2,22,23). The highest BCUT2D eigenvalue weighted by Crippen LogP contribution is 2.37. The van der Waals surface area contributed by atoms with Crippen molar-refractivity contribution in [2.24, 2.45) is 5.73 Å². The lowest BCUT2D eigenvalue weighted by atomic mass is 9.76. The second-order valence-corrected chi connectivity index (χ2v) is 7.10. The van der Waals surface area contributed by atoms with E-state index >= 15 is 0 Å². The Labute approximate surface area is 139 Å². The molecular formula is C21H27NO. The van der Waals surface area contributed by atoms with Crippen LogP contribution >= 0.6 is 0 Å². The van der Waals surface area contributed by atoms with E-state index in [0.29, 0.717) is 5.56 Å². The molecule has 2 nitrogen and oxygen atoms in total. The predicted molar refractivity (Wildman–Crippen MR) is 97.7 cm³/mol. The number of hydrogen-bond acceptors (Lipinski definition) is 1. The molecular weight excluding hydrogens is 282 g/mol. The third kappa shape index (κ3) is 3.82. The zero-order valence-electron chi connectivity index (χ0n) is 14.6. The topological polar surface area (TPSA) is 43.1 Å². The Hall–Kier alpha value is -2.09. The van der Waals surface area contributed by atoms with E-state index in [2.05, 4.69) is 52.0 Å². The molecule has 122 valence electrons. The molecule has 2 heteroatoms. The van der Waals surface area contributed by atoms with Gasteiger partial charge >= 0.3 is 0 Å². The zero-order chi connectivity index (χ0) is 17.0. The van der Waals surface area contributed by atoms with Crippen LogP contribution in [0.25, 0.3) is 11.1 Å². The van der Waals surface area contributed by atoms with Gasteiger partial charge in [0.1, 0.15) is 0 Å². The molecule has 0 aromatic heterocycles. The van der Waals surface area contributed by atoms with Crippen molar-refractivity contribution in [2.75, 3.05) is 0 Å². The Morgan fingerprint density at radius 2 is 1.70 bits per heavy atom. The Bertz CT molecular complexity index is 681. The monoisotopic (exact) mass is 309 g/mol. The van der Waals surface area contributed by atoms with E-state index in [0.717, 1.165) is 24.8 Å². The molecule has 0 aliphatic heterocycles. The average Bonchev–Trinajstić information content (AvgIpc) is 2.51. The van der Waals surface area contributed by atoms with E-state index < -0.39 is 0 Å². The van der Waals surface area contributed by atoms with Crippen LogP contribution in [0.15, 0.2) is 42.5 Å². The van der Waals surface area contributed by atoms with Crippen molar-refractivity contribution in [2.45, 2.75) is 52.4 Å². The minimum Gasteiger partial charge on any atom is -0.366 e. The van der Waals surface area contributed by atoms with Crippen molar-refractivity contribution in [1.29, 1.82) is 0 Å². The van der Waals surface area contributed by atoms with Gasteiger partial charge in [-0.2, -0.15) is 0 Å². The molecule has 0 atom stereocenters. The lowest BCUT2D eigenvalue weighted by Gasteiger charge is -2.28. The summed E-state index contributed by atoms with van der Waals surface area (Å²) in [5, 5.41) is 0. The van der Waals surface area contributed by atoms with Gasteiger partial charge in [-0.25, -0.2) is 0 Å². The highest BCUT2D eigenvalue weighted by Gasteiger charge is 2.25. The molecule has 0 radical (unpaired) electrons. The van der Waals surface area contributed by atoms with Gasteiger partial charge in [-0.05, 0) is 46.6 Å². The smallest absolute Gasteiger partial charge is 0.248 e. The van der Waals surface area contributed by atoms with Crippen LogP contribution < -0.4 is 5.73 Å². The molecule has 2 aromatic rings. The van der Waals surface area contributed by atoms with Crippen molar-refractivity contribution in [3.8, 4) is 11.1 Å². The van der Waals surface area contributed by atoms with Crippen LogP contribution in [0.3, 0.4) is 0 Å². The first-order chi connectivity index (χ1) is 10.9. The Kier molecular flexibility index (Phi) is 5.25. The number of carbonyl (C=O) groups is 1. The number of hydrogen-bond donors (Lipinski definition) is 1. The Balaban J connectivity index is 2.76. The maximum Gasteiger partial charge on any atom is 0.248 e. The lowest BCUT2D eigenvalue weighted by Crippen LogP contribution is -2.21. The van der Waals surface area contributed by atoms with Crippen LogP contribution in [0.1, 0.15) is 62.0 Å². The molecule has 0 aliphatic rings. The molecule has 2 N–H and O–H groups in total. The fourth-order valence-corrected chi connectivity index (χ4v) is 3.21. The first-order valence-corrected chi connectivity index (χ1v) is 8.37. The third-order valence-electron chi connectivity index (χ3n) is 4.19. The summed E-state index contributed by atoms with van der Waals surface area (Å²) in [5.74, 6) is -0.332. The molecule has 0 spiro atoms. The van der Waals surface area contributed by atoms with Crippen LogP contribution in [0, 0.1) is 0 Å². The second kappa shape index (κ2) is 6.99. The summed E-state index contributed by atoms with van der Waals surface area (Å²) in [6, 6.07) is 14.3. The number of primary amides is 1. The molecule has 0 aliphatic carbocycles. The summed E-state index contributed by atoms with van der Waals surface area (Å²) in [6.45, 7) is 8.78. The normalized spacial score (nSPS) is 11.5. The molecule has 2 aromatic carbocycles. The second-order valence-electron chi connectivity index (χ2n) is 7.10. The van der Waals surface area contributed by atoms with Gasteiger partial charge in [0.25, 0.3) is 0 Å². The molecule has 0 fully saturated rings. The fraction of sp³-hybridized carbons (Fsp3) is 0.381. The maximum atomic E-state index is 11.9. The van der Waals surface area contributed by atoms with Crippen molar-refractivity contribution in [1.82, 2.24) is 0 Å². The quantitative estimate of drug-likeness (QED) is 0.821. The number of nitrogens with two attached hydrogens (primary N) is 1. The van der Waals surface area contributed by atoms with E-state index in [1.54, 1.807) is 0 Å². The minimum atomic E-state index is -0.332. The molecule has 0 saturated carbocycles. The minimum absolute atomic E-state index is 0.0558. The Morgan fingerprint density at radius 3 is 2.22 bits per heavy atom. The fourth-order valence-electron chi connectivity index (χ4n) is 3.21. The van der Waals surface area contributed by atoms with E-state index in [1.165, 1.54) is 16.7 Å². The first kappa shape index (κ1) is 17.3. The zero-order valence-corrected chi connectivity index (χ0v) is 14.6. The predicted octanol–water partition coefficient (Wildman–Crippen LogP) is 5.09. The van der Waals surface area contributed by atoms with Crippen LogP contribution in [-0.4, -0.2) is 5.91 Å². The average molecular weight is 309 g/mol. The number of amides is 1. The van der Waals surface area contributed by atoms with Gasteiger partial charge < -0.3 is 5.73 Å². The van der Waals surface area contributed by atoms with Gasteiger partial charge in [-0.1, -0.05) is 70.5 Å². The van der Waals surface area contributed by atoms with E-state index in [-0.39, 0.29) is 11.3 Å². The highest BCUT2D eigenvalue weighted by atomic mass is 16.1. The summed E-state index contributed by atoms with van der Waals surface area (Å²) in [7, 11) is 0. The van der Waals surface area contributed by atoms with Gasteiger partial charge in [-0.3, -0.25) is 4.79 Å². The largest absolute Gasteiger partial charge is 0.366 e. The van der Waals surface area contributed by atoms with Gasteiger partial charge in [-0.15, -0.1) is 0 Å². The van der Waals surface area contributed by atoms with Crippen LogP contribution in [0.4, 0.5) is 0 Å². The molecule has 0 unspecified atom stereocenters. The molecule has 23 heavy (non-hydrogen) atoms. The summed E-state index contributed by atoms with van der Waals surface area (Å²) >= 11 is 0. The maximum absolute atomic E-state index is 11.9. The molecule has 0 heterocycles. The van der Waals surface area contributed by atoms with Crippen molar-refractivity contribution < 1.29 is 4.79 Å². The van der Waals surface area contributed by atoms with E-state index in [4.69, 9.17) is 5.73 Å². The van der Waals surface area contributed by atoms with Crippen molar-refractivity contribution >= 4 is 5.91 Å². The van der Waals surface area contributed by atoms with Gasteiger partial charge in [0.05, 0.1) is 0 Å². The number of unbranched alkanes of at least 4 members (excludes halogenated alkanes) is 1. The lowest BCUT2D eigenvalue weighted by molar-refractivity contribution is 0.0999. The number of benzene rings is 2. The highest BCUT2D eigenvalue weighted by molar-refractivity contribution is 5.96. The summed E-state index contributed by atoms with van der Waals surface area (Å²) in [6.07, 6.45) is 3.04.